The molecule has 0 bridgehead atoms. The van der Waals surface area contributed by atoms with Crippen molar-refractivity contribution >= 4 is 57.2 Å². The van der Waals surface area contributed by atoms with Crippen LogP contribution in [0.2, 0.25) is 0 Å². The Morgan fingerprint density at radius 1 is 1.36 bits per heavy atom. The molecule has 0 atom stereocenters. The molecule has 25 heavy (non-hydrogen) atoms. The third kappa shape index (κ3) is 5.90. The van der Waals surface area contributed by atoms with E-state index in [0.29, 0.717) is 18.3 Å². The fourth-order valence-electron chi connectivity index (χ4n) is 2.68. The monoisotopic (exact) mass is 540 g/mol. The molecule has 0 radical (unpaired) electrons. The first-order chi connectivity index (χ1) is 11.6. The van der Waals surface area contributed by atoms with Crippen molar-refractivity contribution in [2.75, 3.05) is 33.2 Å². The lowest BCUT2D eigenvalue weighted by molar-refractivity contribution is 0.173. The molecule has 3 rings (SSSR count). The highest BCUT2D eigenvalue weighted by Crippen LogP contribution is 2.23. The van der Waals surface area contributed by atoms with E-state index in [-0.39, 0.29) is 24.0 Å². The molecule has 0 unspecified atom stereocenters. The summed E-state index contributed by atoms with van der Waals surface area (Å²) in [4.78, 5) is 14.7. The van der Waals surface area contributed by atoms with Gasteiger partial charge in [-0.2, -0.15) is 4.98 Å². The molecule has 2 aromatic heterocycles. The molecular formula is C15H22BrIN6OS. The Labute approximate surface area is 177 Å². The number of aliphatic imine (C=N–C) groups is 1. The second kappa shape index (κ2) is 9.83. The maximum absolute atomic E-state index is 4.98. The van der Waals surface area contributed by atoms with E-state index in [4.69, 9.17) is 4.52 Å². The molecule has 1 fully saturated rings. The van der Waals surface area contributed by atoms with Crippen LogP contribution in [0, 0.1) is 6.92 Å². The molecule has 1 saturated heterocycles. The lowest BCUT2D eigenvalue weighted by Crippen LogP contribution is -2.52. The van der Waals surface area contributed by atoms with Gasteiger partial charge in [-0.1, -0.05) is 5.16 Å². The van der Waals surface area contributed by atoms with Crippen molar-refractivity contribution in [3.8, 4) is 0 Å². The third-order valence-electron chi connectivity index (χ3n) is 3.87. The zero-order valence-electron chi connectivity index (χ0n) is 14.2. The van der Waals surface area contributed by atoms with Gasteiger partial charge in [0, 0.05) is 51.6 Å². The van der Waals surface area contributed by atoms with Crippen LogP contribution in [-0.4, -0.2) is 59.1 Å². The highest BCUT2D eigenvalue weighted by molar-refractivity contribution is 14.0. The van der Waals surface area contributed by atoms with E-state index in [2.05, 4.69) is 58.3 Å². The summed E-state index contributed by atoms with van der Waals surface area (Å²) in [6.45, 7) is 7.28. The van der Waals surface area contributed by atoms with Crippen LogP contribution < -0.4 is 5.32 Å². The highest BCUT2D eigenvalue weighted by atomic mass is 127. The molecule has 1 N–H and O–H groups in total. The minimum Gasteiger partial charge on any atom is -0.349 e. The minimum absolute atomic E-state index is 0. The first kappa shape index (κ1) is 20.6. The number of hydrogen-bond acceptors (Lipinski definition) is 6. The summed E-state index contributed by atoms with van der Waals surface area (Å²) in [6, 6.07) is 4.30. The molecule has 0 aliphatic carbocycles. The number of aryl methyl sites for hydroxylation is 1. The summed E-state index contributed by atoms with van der Waals surface area (Å²) < 4.78 is 6.18. The van der Waals surface area contributed by atoms with Gasteiger partial charge in [0.2, 0.25) is 5.89 Å². The lowest BCUT2D eigenvalue weighted by atomic mass is 10.3. The first-order valence-electron chi connectivity index (χ1n) is 7.85. The van der Waals surface area contributed by atoms with Crippen LogP contribution in [0.4, 0.5) is 0 Å². The van der Waals surface area contributed by atoms with Crippen molar-refractivity contribution in [1.82, 2.24) is 25.3 Å². The smallest absolute Gasteiger partial charge is 0.223 e. The van der Waals surface area contributed by atoms with Gasteiger partial charge in [-0.05, 0) is 28.1 Å². The number of halogens is 2. The van der Waals surface area contributed by atoms with Crippen molar-refractivity contribution in [3.63, 3.8) is 0 Å². The second-order valence-electron chi connectivity index (χ2n) is 5.60. The maximum Gasteiger partial charge on any atom is 0.223 e. The van der Waals surface area contributed by atoms with Gasteiger partial charge >= 0.3 is 0 Å². The Morgan fingerprint density at radius 3 is 2.68 bits per heavy atom. The second-order valence-corrected chi connectivity index (χ2v) is 8.15. The summed E-state index contributed by atoms with van der Waals surface area (Å²) >= 11 is 5.33. The number of guanidine groups is 1. The molecule has 3 heterocycles. The van der Waals surface area contributed by atoms with E-state index in [1.165, 1.54) is 8.66 Å². The van der Waals surface area contributed by atoms with E-state index >= 15 is 0 Å². The van der Waals surface area contributed by atoms with Gasteiger partial charge in [0.1, 0.15) is 0 Å². The summed E-state index contributed by atoms with van der Waals surface area (Å²) in [5, 5.41) is 7.20. The topological polar surface area (TPSA) is 69.8 Å². The fraction of sp³-hybridized carbons (Fsp3) is 0.533. The van der Waals surface area contributed by atoms with Gasteiger partial charge in [-0.15, -0.1) is 35.3 Å². The predicted octanol–water partition coefficient (Wildman–Crippen LogP) is 2.71. The van der Waals surface area contributed by atoms with Gasteiger partial charge in [-0.3, -0.25) is 9.89 Å². The molecule has 2 aromatic rings. The number of rotatable bonds is 4. The number of hydrogen-bond donors (Lipinski definition) is 1. The summed E-state index contributed by atoms with van der Waals surface area (Å²) in [5.41, 5.74) is 0. The predicted molar refractivity (Wildman–Crippen MR) is 114 cm³/mol. The van der Waals surface area contributed by atoms with Crippen LogP contribution in [0.3, 0.4) is 0 Å². The molecule has 1 aliphatic rings. The van der Waals surface area contributed by atoms with Crippen molar-refractivity contribution in [1.29, 1.82) is 0 Å². The van der Waals surface area contributed by atoms with Crippen LogP contribution in [0.15, 0.2) is 25.4 Å². The van der Waals surface area contributed by atoms with E-state index in [9.17, 15) is 0 Å². The summed E-state index contributed by atoms with van der Waals surface area (Å²) in [6.07, 6.45) is 0. The zero-order chi connectivity index (χ0) is 16.9. The molecular weight excluding hydrogens is 519 g/mol. The number of nitrogens with zero attached hydrogens (tertiary/aromatic N) is 5. The van der Waals surface area contributed by atoms with Gasteiger partial charge in [0.15, 0.2) is 11.8 Å². The Bertz CT molecular complexity index is 698. The third-order valence-corrected chi connectivity index (χ3v) is 5.47. The van der Waals surface area contributed by atoms with E-state index < -0.39 is 0 Å². The zero-order valence-corrected chi connectivity index (χ0v) is 19.0. The van der Waals surface area contributed by atoms with Crippen molar-refractivity contribution in [2.24, 2.45) is 4.99 Å². The van der Waals surface area contributed by atoms with Gasteiger partial charge in [-0.25, -0.2) is 0 Å². The Morgan fingerprint density at radius 2 is 2.12 bits per heavy atom. The van der Waals surface area contributed by atoms with Gasteiger partial charge in [0.05, 0.1) is 10.3 Å². The molecule has 0 saturated carbocycles. The van der Waals surface area contributed by atoms with Crippen LogP contribution >= 0.6 is 51.2 Å². The van der Waals surface area contributed by atoms with Crippen LogP contribution in [-0.2, 0) is 13.1 Å². The van der Waals surface area contributed by atoms with Crippen molar-refractivity contribution < 1.29 is 4.52 Å². The molecule has 1 aliphatic heterocycles. The van der Waals surface area contributed by atoms with E-state index in [0.717, 1.165) is 38.7 Å². The van der Waals surface area contributed by atoms with Crippen LogP contribution in [0.5, 0.6) is 0 Å². The fourth-order valence-corrected chi connectivity index (χ4v) is 4.20. The van der Waals surface area contributed by atoms with Crippen molar-refractivity contribution in [2.45, 2.75) is 20.0 Å². The quantitative estimate of drug-likeness (QED) is 0.365. The van der Waals surface area contributed by atoms with E-state index in [1.807, 2.05) is 0 Å². The number of piperazine rings is 1. The molecule has 0 amide bonds. The number of aromatic nitrogens is 2. The number of thiophene rings is 1. The summed E-state index contributed by atoms with van der Waals surface area (Å²) in [7, 11) is 1.80. The molecule has 0 spiro atoms. The Hall–Kier alpha value is -0.720. The maximum atomic E-state index is 4.98. The number of nitrogens with one attached hydrogen (secondary N) is 1. The Kier molecular flexibility index (Phi) is 8.10. The van der Waals surface area contributed by atoms with Gasteiger partial charge in [0.25, 0.3) is 0 Å². The largest absolute Gasteiger partial charge is 0.349 e. The normalized spacial score (nSPS) is 16.0. The van der Waals surface area contributed by atoms with Crippen LogP contribution in [0.1, 0.15) is 16.6 Å². The summed E-state index contributed by atoms with van der Waals surface area (Å²) in [5.74, 6) is 2.11. The van der Waals surface area contributed by atoms with E-state index in [1.54, 1.807) is 25.3 Å². The average molecular weight is 541 g/mol. The standard InChI is InChI=1S/C15H21BrN6OS.HI/c1-11-19-14(20-23-11)9-18-15(17-2)22-7-5-21(6-8-22)10-12-3-4-13(16)24-12;/h3-4H,5-10H2,1-2H3,(H,17,18);1H. The highest BCUT2D eigenvalue weighted by Gasteiger charge is 2.20. The molecule has 10 heteroatoms. The van der Waals surface area contributed by atoms with Crippen LogP contribution in [0.25, 0.3) is 0 Å². The Balaban J connectivity index is 0.00000225. The van der Waals surface area contributed by atoms with Gasteiger partial charge < -0.3 is 14.7 Å². The lowest BCUT2D eigenvalue weighted by Gasteiger charge is -2.36. The molecule has 0 aromatic carbocycles. The average Bonchev–Trinajstić information content (AvgIpc) is 3.18. The minimum atomic E-state index is 0. The first-order valence-corrected chi connectivity index (χ1v) is 9.46. The molecule has 138 valence electrons. The van der Waals surface area contributed by atoms with Crippen molar-refractivity contribution in [3.05, 3.63) is 32.5 Å². The SMILES string of the molecule is CN=C(NCc1noc(C)n1)N1CCN(Cc2ccc(Br)s2)CC1.I. The molecule has 7 nitrogen and oxygen atoms in total.